The Balaban J connectivity index is 1.08. The lowest BCUT2D eigenvalue weighted by Gasteiger charge is -2.47. The second-order valence-electron chi connectivity index (χ2n) is 30.4. The molecule has 10 rings (SSSR count). The molecule has 4 aromatic carbocycles. The molecule has 2 bridgehead atoms. The first kappa shape index (κ1) is 88.5. The maximum Gasteiger partial charge on any atom is 0.524 e. The highest BCUT2D eigenvalue weighted by molar-refractivity contribution is 7.46. The number of carbonyl (C=O) groups is 7. The first-order valence-corrected chi connectivity index (χ1v) is 38.0. The molecule has 0 saturated carbocycles. The van der Waals surface area contributed by atoms with Crippen LogP contribution in [0.25, 0.3) is 22.2 Å². The highest BCUT2D eigenvalue weighted by Crippen LogP contribution is 2.47. The number of fused-ring (bicyclic) bond motifs is 3. The van der Waals surface area contributed by atoms with Crippen LogP contribution >= 0.6 is 7.82 Å². The van der Waals surface area contributed by atoms with E-state index in [1.54, 1.807) is 35.8 Å². The summed E-state index contributed by atoms with van der Waals surface area (Å²) in [6, 6.07) is 8.85. The largest absolute Gasteiger partial charge is 0.524 e. The van der Waals surface area contributed by atoms with Gasteiger partial charge in [-0.1, -0.05) is 62.1 Å². The molecule has 3 aliphatic heterocycles. The Labute approximate surface area is 663 Å². The fourth-order valence-electron chi connectivity index (χ4n) is 14.4. The second-order valence-corrected chi connectivity index (χ2v) is 31.6. The Hall–Kier alpha value is -10.9. The van der Waals surface area contributed by atoms with Crippen LogP contribution in [0.4, 0.5) is 59.4 Å². The van der Waals surface area contributed by atoms with Gasteiger partial charge in [0.25, 0.3) is 5.91 Å². The van der Waals surface area contributed by atoms with E-state index in [0.29, 0.717) is 123 Å². The molecule has 0 radical (unpaired) electrons. The van der Waals surface area contributed by atoms with Gasteiger partial charge in [0.05, 0.1) is 81.0 Å². The summed E-state index contributed by atoms with van der Waals surface area (Å²) in [7, 11) is -4.16. The Morgan fingerprint density at radius 2 is 1.33 bits per heavy atom. The molecule has 3 aromatic heterocycles. The summed E-state index contributed by atoms with van der Waals surface area (Å²) in [6.07, 6.45) is -11.9. The van der Waals surface area contributed by atoms with Gasteiger partial charge in [-0.05, 0) is 119 Å². The minimum absolute atomic E-state index is 0.0755. The number of hydrogen-bond acceptors (Lipinski definition) is 19. The number of nitrogens with zero attached hydrogens (tertiary/aromatic N) is 7. The number of carbonyl (C=O) groups excluding carboxylic acids is 6. The van der Waals surface area contributed by atoms with Crippen molar-refractivity contribution in [3.63, 3.8) is 0 Å². The predicted molar refractivity (Wildman–Crippen MR) is 398 cm³/mol. The lowest BCUT2D eigenvalue weighted by Crippen LogP contribution is -2.64. The lowest BCUT2D eigenvalue weighted by atomic mass is 9.77. The first-order valence-electron chi connectivity index (χ1n) is 36.5. The number of phosphoric ester groups is 1. The quantitative estimate of drug-likeness (QED) is 0.00487. The van der Waals surface area contributed by atoms with Gasteiger partial charge in [0.15, 0.2) is 0 Å². The predicted octanol–water partition coefficient (Wildman–Crippen LogP) is 9.55. The summed E-state index contributed by atoms with van der Waals surface area (Å²) in [5.41, 5.74) is -6.94. The molecule has 40 heteroatoms. The number of ether oxygens (including phenoxy) is 4. The number of esters is 1. The number of carboxylic acids is 1. The van der Waals surface area contributed by atoms with E-state index in [9.17, 15) is 52.2 Å². The molecule has 29 nitrogen and oxygen atoms in total. The molecular weight excluding hydrogens is 1580 g/mol. The summed E-state index contributed by atoms with van der Waals surface area (Å²) in [5, 5.41) is 23.6. The van der Waals surface area contributed by atoms with Gasteiger partial charge in [-0.25, -0.2) is 47.4 Å². The molecule has 0 aliphatic carbocycles. The number of amides is 5. The number of methoxy groups -OCH3 is 2. The molecule has 117 heavy (non-hydrogen) atoms. The standard InChI is InChI=1S/C77H86F10N13O16P/c1-41-24-46(30-61(101)91-58(68(105)106)29-47-34-88-56-13-11-10-12-51(47)56)63(59(25-41)116-117(109,110)111)73(2,3)31-62(102)115-60(38-98(96-67(104)65(94-72(108)113-9)75(6,7)77(85,86)87)37-52-53(78)27-45(28-54(52)79)55-22-23-99(95-55)69(80)81)57(92-66(103)64(93-71(107)112-8)74(4,5)76(82,83)84)26-43-17-14-42(15-18-43)16-19-44-32-89-70(90-33-44)97-35-48-20-21-49(36-97)100(48)50-39-114-40-50/h10-15,17-18,22-25,27-28,32-34,48-50,57-58,60,64-65,69,88H,20-21,26,29-31,35-40H2,1-9H3,(H,91,101)(H,92,103)(H,93,107)(H,94,108)(H,96,104)(H,105,106)(H2,109,110,111)/t48?,49?,57-,58-,60-,64+,65+/m0/s1. The number of aromatic nitrogens is 5. The number of piperazine rings is 1. The zero-order chi connectivity index (χ0) is 85.6. The Morgan fingerprint density at radius 3 is 1.88 bits per heavy atom. The Bertz CT molecular complexity index is 4890. The van der Waals surface area contributed by atoms with Crippen molar-refractivity contribution in [2.24, 2.45) is 10.8 Å². The number of aromatic amines is 1. The van der Waals surface area contributed by atoms with Crippen molar-refractivity contribution in [3.05, 3.63) is 160 Å². The third-order valence-corrected chi connectivity index (χ3v) is 21.2. The molecule has 5 amide bonds. The number of nitrogens with one attached hydrogen (secondary N) is 6. The molecule has 9 N–H and O–H groups in total. The normalized spacial score (nSPS) is 16.9. The molecular formula is C77H86F10N13O16P. The van der Waals surface area contributed by atoms with E-state index in [1.165, 1.54) is 63.5 Å². The molecule has 7 aromatic rings. The van der Waals surface area contributed by atoms with Gasteiger partial charge >= 0.3 is 50.8 Å². The molecule has 3 aliphatic rings. The topological polar surface area (TPSA) is 373 Å². The van der Waals surface area contributed by atoms with Crippen LogP contribution in [0.2, 0.25) is 0 Å². The highest BCUT2D eigenvalue weighted by Gasteiger charge is 2.58. The number of H-pyrrole nitrogens is 1. The lowest BCUT2D eigenvalue weighted by molar-refractivity contribution is -0.221. The van der Waals surface area contributed by atoms with Crippen LogP contribution in [-0.4, -0.2) is 199 Å². The molecule has 2 unspecified atom stereocenters. The van der Waals surface area contributed by atoms with Crippen LogP contribution in [0.3, 0.4) is 0 Å². The molecule has 6 heterocycles. The minimum atomic E-state index is -5.64. The van der Waals surface area contributed by atoms with Gasteiger partial charge in [-0.2, -0.15) is 40.2 Å². The van der Waals surface area contributed by atoms with Gasteiger partial charge in [-0.3, -0.25) is 39.3 Å². The maximum absolute atomic E-state index is 17.0. The number of anilines is 1. The maximum atomic E-state index is 17.0. The number of alkyl carbamates (subject to hydrolysis) is 2. The minimum Gasteiger partial charge on any atom is -0.480 e. The zero-order valence-electron chi connectivity index (χ0n) is 64.5. The van der Waals surface area contributed by atoms with Crippen LogP contribution in [0.5, 0.6) is 5.75 Å². The van der Waals surface area contributed by atoms with E-state index in [2.05, 4.69) is 67.2 Å². The molecule has 7 atom stereocenters. The smallest absolute Gasteiger partial charge is 0.480 e. The number of alkyl halides is 8. The van der Waals surface area contributed by atoms with Gasteiger partial charge in [0, 0.05) is 101 Å². The average molecular weight is 1670 g/mol. The van der Waals surface area contributed by atoms with Gasteiger partial charge < -0.3 is 59.7 Å². The van der Waals surface area contributed by atoms with Gasteiger partial charge in [0.2, 0.25) is 17.8 Å². The summed E-state index contributed by atoms with van der Waals surface area (Å²) >= 11 is 0. The summed E-state index contributed by atoms with van der Waals surface area (Å²) in [6.45, 7) is 2.67. The van der Waals surface area contributed by atoms with Gasteiger partial charge in [0.1, 0.15) is 41.6 Å². The SMILES string of the molecule is COC(=O)N[C@H](C(=O)N[C@@H](Cc1ccc(C#Cc2cnc(N3CC4CCC(C3)N4C3COC3)nc2)cc1)[C@H](CN(Cc1c(F)cc(-c2ccn(C(F)F)n2)cc1F)NC(=O)[C@@H](NC(=O)OC)C(C)(C)C(F)(F)F)OC(=O)CC(C)(C)c1c(CC(=O)N[C@@H](Cc2c[nH]c3ccccc23)C(=O)O)cc(C)cc1OP(=O)(O)O)C(C)(C)C(F)(F)F. The fraction of sp³-hybridized carbons (Fsp3) is 0.455. The number of aliphatic carboxylic acids is 1. The van der Waals surface area contributed by atoms with Crippen molar-refractivity contribution in [1.29, 1.82) is 0 Å². The van der Waals surface area contributed by atoms with Crippen LogP contribution in [0.15, 0.2) is 104 Å². The van der Waals surface area contributed by atoms with E-state index >= 15 is 44.7 Å². The van der Waals surface area contributed by atoms with Crippen LogP contribution in [-0.2, 0) is 78.7 Å². The number of carboxylic acid groups (broad SMARTS) is 1. The van der Waals surface area contributed by atoms with E-state index in [0.717, 1.165) is 45.4 Å². The zero-order valence-corrected chi connectivity index (χ0v) is 65.4. The average Bonchev–Trinajstić information content (AvgIpc) is 1.66. The number of rotatable bonds is 31. The molecule has 3 fully saturated rings. The van der Waals surface area contributed by atoms with E-state index in [-0.39, 0.29) is 33.4 Å². The number of benzene rings is 4. The molecule has 0 spiro atoms. The van der Waals surface area contributed by atoms with E-state index in [1.807, 2.05) is 5.32 Å². The summed E-state index contributed by atoms with van der Waals surface area (Å²) < 4.78 is 192. The second kappa shape index (κ2) is 35.9. The van der Waals surface area contributed by atoms with E-state index in [4.69, 9.17) is 14.0 Å². The summed E-state index contributed by atoms with van der Waals surface area (Å²) in [4.78, 5) is 136. The number of halogens is 10. The molecule has 630 valence electrons. The molecule has 3 saturated heterocycles. The Kier molecular flexibility index (Phi) is 27.1. The number of para-hydroxylation sites is 1. The third kappa shape index (κ3) is 21.5. The van der Waals surface area contributed by atoms with Crippen molar-refractivity contribution in [3.8, 4) is 28.8 Å². The Morgan fingerprint density at radius 1 is 0.744 bits per heavy atom. The first-order chi connectivity index (χ1) is 54.8. The van der Waals surface area contributed by atoms with Crippen molar-refractivity contribution in [2.45, 2.75) is 166 Å². The number of hydrazine groups is 1. The van der Waals surface area contributed by atoms with Crippen LogP contribution in [0, 0.1) is 41.2 Å². The van der Waals surface area contributed by atoms with E-state index < -0.39 is 182 Å². The van der Waals surface area contributed by atoms with Crippen molar-refractivity contribution in [2.75, 3.05) is 52.0 Å². The van der Waals surface area contributed by atoms with Crippen molar-refractivity contribution < 1.29 is 120 Å². The van der Waals surface area contributed by atoms with Crippen molar-refractivity contribution >= 4 is 66.5 Å². The monoisotopic (exact) mass is 1670 g/mol. The summed E-state index contributed by atoms with van der Waals surface area (Å²) in [5.74, 6) is -4.94. The van der Waals surface area contributed by atoms with Crippen molar-refractivity contribution in [1.82, 2.24) is 61.3 Å². The van der Waals surface area contributed by atoms with Gasteiger partial charge in [-0.15, -0.1) is 0 Å². The van der Waals surface area contributed by atoms with Crippen LogP contribution in [0.1, 0.15) is 112 Å². The number of phosphoric acid groups is 1. The fourth-order valence-corrected chi connectivity index (χ4v) is 14.8. The number of aryl methyl sites for hydroxylation is 1. The van der Waals surface area contributed by atoms with Crippen LogP contribution < -0.4 is 36.1 Å². The number of hydrogen-bond donors (Lipinski definition) is 9. The third-order valence-electron chi connectivity index (χ3n) is 20.8. The highest BCUT2D eigenvalue weighted by atomic mass is 31.2.